The van der Waals surface area contributed by atoms with Crippen LogP contribution in [0, 0.1) is 0 Å². The van der Waals surface area contributed by atoms with E-state index >= 15 is 0 Å². The molecule has 90 valence electrons. The Labute approximate surface area is 107 Å². The third kappa shape index (κ3) is 5.75. The summed E-state index contributed by atoms with van der Waals surface area (Å²) in [4.78, 5) is 3.34. The Bertz CT molecular complexity index is 305. The Hall–Kier alpha value is -0.220. The summed E-state index contributed by atoms with van der Waals surface area (Å²) < 4.78 is 0. The maximum absolute atomic E-state index is 6.06. The lowest BCUT2D eigenvalue weighted by atomic mass is 10.4. The zero-order valence-electron chi connectivity index (χ0n) is 9.87. The Kier molecular flexibility index (Phi) is 6.88. The largest absolute Gasteiger partial charge is 0.315 e. The minimum atomic E-state index is 0.848. The lowest BCUT2D eigenvalue weighted by Crippen LogP contribution is -2.27. The second-order valence-electron chi connectivity index (χ2n) is 3.83. The highest BCUT2D eigenvalue weighted by Gasteiger charge is 1.98. The van der Waals surface area contributed by atoms with E-state index in [4.69, 9.17) is 11.6 Å². The standard InChI is InChI=1S/C12H19ClN2S/c1-15(2)9-7-14-8-10-16-12-6-4-3-5-11(12)13/h3-6,14H,7-10H2,1-2H3. The van der Waals surface area contributed by atoms with E-state index < -0.39 is 0 Å². The van der Waals surface area contributed by atoms with Crippen LogP contribution in [0.1, 0.15) is 0 Å². The normalized spacial score (nSPS) is 11.0. The van der Waals surface area contributed by atoms with E-state index in [1.165, 1.54) is 4.90 Å². The summed E-state index contributed by atoms with van der Waals surface area (Å²) in [6.07, 6.45) is 0. The van der Waals surface area contributed by atoms with E-state index in [0.29, 0.717) is 0 Å². The van der Waals surface area contributed by atoms with Gasteiger partial charge in [-0.1, -0.05) is 23.7 Å². The molecule has 0 aliphatic heterocycles. The van der Waals surface area contributed by atoms with Gasteiger partial charge in [0.25, 0.3) is 0 Å². The fraction of sp³-hybridized carbons (Fsp3) is 0.500. The second-order valence-corrected chi connectivity index (χ2v) is 5.38. The first-order valence-corrected chi connectivity index (χ1v) is 6.79. The lowest BCUT2D eigenvalue weighted by Gasteiger charge is -2.10. The summed E-state index contributed by atoms with van der Waals surface area (Å²) in [6, 6.07) is 7.98. The quantitative estimate of drug-likeness (QED) is 0.598. The zero-order valence-corrected chi connectivity index (χ0v) is 11.4. The van der Waals surface area contributed by atoms with E-state index in [2.05, 4.69) is 30.4 Å². The van der Waals surface area contributed by atoms with Gasteiger partial charge >= 0.3 is 0 Å². The van der Waals surface area contributed by atoms with Gasteiger partial charge in [0.05, 0.1) is 5.02 Å². The molecule has 1 rings (SSSR count). The predicted molar refractivity (Wildman–Crippen MR) is 73.6 cm³/mol. The summed E-state index contributed by atoms with van der Waals surface area (Å²) in [7, 11) is 4.17. The molecule has 1 aromatic rings. The molecule has 0 saturated carbocycles. The first-order chi connectivity index (χ1) is 7.70. The number of halogens is 1. The number of nitrogens with one attached hydrogen (secondary N) is 1. The summed E-state index contributed by atoms with van der Waals surface area (Å²) in [5.74, 6) is 1.05. The molecule has 1 N–H and O–H groups in total. The molecule has 0 saturated heterocycles. The van der Waals surface area contributed by atoms with Crippen LogP contribution in [0.2, 0.25) is 5.02 Å². The summed E-state index contributed by atoms with van der Waals surface area (Å²) >= 11 is 7.86. The van der Waals surface area contributed by atoms with Crippen molar-refractivity contribution in [3.63, 3.8) is 0 Å². The van der Waals surface area contributed by atoms with Crippen molar-refractivity contribution in [2.24, 2.45) is 0 Å². The monoisotopic (exact) mass is 258 g/mol. The van der Waals surface area contributed by atoms with Crippen LogP contribution in [0.5, 0.6) is 0 Å². The molecule has 0 radical (unpaired) electrons. The van der Waals surface area contributed by atoms with Gasteiger partial charge in [-0.15, -0.1) is 11.8 Å². The first-order valence-electron chi connectivity index (χ1n) is 5.43. The third-order valence-electron chi connectivity index (χ3n) is 2.11. The van der Waals surface area contributed by atoms with Crippen LogP contribution >= 0.6 is 23.4 Å². The summed E-state index contributed by atoms with van der Waals surface area (Å²) in [6.45, 7) is 3.14. The molecule has 1 aromatic carbocycles. The van der Waals surface area contributed by atoms with Crippen LogP contribution in [-0.2, 0) is 0 Å². The Balaban J connectivity index is 2.10. The van der Waals surface area contributed by atoms with Crippen molar-refractivity contribution in [1.29, 1.82) is 0 Å². The molecule has 0 aromatic heterocycles. The van der Waals surface area contributed by atoms with E-state index in [0.717, 1.165) is 30.4 Å². The molecule has 0 fully saturated rings. The number of thioether (sulfide) groups is 1. The van der Waals surface area contributed by atoms with Crippen molar-refractivity contribution < 1.29 is 0 Å². The van der Waals surface area contributed by atoms with Crippen molar-refractivity contribution in [2.45, 2.75) is 4.90 Å². The SMILES string of the molecule is CN(C)CCNCCSc1ccccc1Cl. The average Bonchev–Trinajstić information content (AvgIpc) is 2.25. The Morgan fingerprint density at radius 1 is 1.25 bits per heavy atom. The van der Waals surface area contributed by atoms with E-state index in [1.807, 2.05) is 18.2 Å². The van der Waals surface area contributed by atoms with Crippen molar-refractivity contribution in [1.82, 2.24) is 10.2 Å². The second kappa shape index (κ2) is 7.96. The number of benzene rings is 1. The number of rotatable bonds is 7. The van der Waals surface area contributed by atoms with Gasteiger partial charge in [0.15, 0.2) is 0 Å². The van der Waals surface area contributed by atoms with Crippen molar-refractivity contribution in [3.05, 3.63) is 29.3 Å². The van der Waals surface area contributed by atoms with Crippen molar-refractivity contribution in [3.8, 4) is 0 Å². The molecule has 0 bridgehead atoms. The molecule has 0 unspecified atom stereocenters. The van der Waals surface area contributed by atoms with Gasteiger partial charge in [0.2, 0.25) is 0 Å². The molecule has 0 heterocycles. The minimum absolute atomic E-state index is 0.848. The van der Waals surface area contributed by atoms with E-state index in [1.54, 1.807) is 11.8 Å². The van der Waals surface area contributed by atoms with E-state index in [9.17, 15) is 0 Å². The maximum atomic E-state index is 6.06. The smallest absolute Gasteiger partial charge is 0.0541 e. The molecule has 0 atom stereocenters. The van der Waals surface area contributed by atoms with Gasteiger partial charge in [-0.3, -0.25) is 0 Å². The van der Waals surface area contributed by atoms with Crippen molar-refractivity contribution >= 4 is 23.4 Å². The fourth-order valence-electron chi connectivity index (χ4n) is 1.22. The number of likely N-dealkylation sites (N-methyl/N-ethyl adjacent to an activating group) is 1. The van der Waals surface area contributed by atoms with Crippen LogP contribution in [0.25, 0.3) is 0 Å². The number of nitrogens with zero attached hydrogens (tertiary/aromatic N) is 1. The summed E-state index contributed by atoms with van der Waals surface area (Å²) in [5.41, 5.74) is 0. The van der Waals surface area contributed by atoms with Crippen LogP contribution in [0.3, 0.4) is 0 Å². The predicted octanol–water partition coefficient (Wildman–Crippen LogP) is 2.58. The van der Waals surface area contributed by atoms with Gasteiger partial charge in [-0.05, 0) is 26.2 Å². The van der Waals surface area contributed by atoms with Crippen LogP contribution in [0.15, 0.2) is 29.2 Å². The molecule has 4 heteroatoms. The van der Waals surface area contributed by atoms with Crippen LogP contribution in [0.4, 0.5) is 0 Å². The van der Waals surface area contributed by atoms with Crippen LogP contribution in [-0.4, -0.2) is 44.4 Å². The zero-order chi connectivity index (χ0) is 11.8. The molecule has 0 aliphatic rings. The number of hydrogen-bond donors (Lipinski definition) is 1. The molecule has 0 spiro atoms. The topological polar surface area (TPSA) is 15.3 Å². The molecule has 16 heavy (non-hydrogen) atoms. The first kappa shape index (κ1) is 13.8. The number of hydrogen-bond acceptors (Lipinski definition) is 3. The maximum Gasteiger partial charge on any atom is 0.0541 e. The summed E-state index contributed by atoms with van der Waals surface area (Å²) in [5, 5.41) is 4.25. The van der Waals surface area contributed by atoms with Crippen LogP contribution < -0.4 is 5.32 Å². The highest BCUT2D eigenvalue weighted by Crippen LogP contribution is 2.25. The van der Waals surface area contributed by atoms with Gasteiger partial charge in [0.1, 0.15) is 0 Å². The highest BCUT2D eigenvalue weighted by molar-refractivity contribution is 7.99. The van der Waals surface area contributed by atoms with Gasteiger partial charge in [-0.2, -0.15) is 0 Å². The molecule has 0 amide bonds. The molecular formula is C12H19ClN2S. The van der Waals surface area contributed by atoms with Crippen molar-refractivity contribution in [2.75, 3.05) is 39.5 Å². The molecular weight excluding hydrogens is 240 g/mol. The Morgan fingerprint density at radius 3 is 2.69 bits per heavy atom. The fourth-order valence-corrected chi connectivity index (χ4v) is 2.37. The van der Waals surface area contributed by atoms with E-state index in [-0.39, 0.29) is 0 Å². The molecule has 0 aliphatic carbocycles. The highest BCUT2D eigenvalue weighted by atomic mass is 35.5. The molecule has 2 nitrogen and oxygen atoms in total. The van der Waals surface area contributed by atoms with Gasteiger partial charge in [0, 0.05) is 30.3 Å². The minimum Gasteiger partial charge on any atom is -0.315 e. The average molecular weight is 259 g/mol. The Morgan fingerprint density at radius 2 is 2.00 bits per heavy atom. The van der Waals surface area contributed by atoms with Gasteiger partial charge in [-0.25, -0.2) is 0 Å². The lowest BCUT2D eigenvalue weighted by molar-refractivity contribution is 0.403. The van der Waals surface area contributed by atoms with Gasteiger partial charge < -0.3 is 10.2 Å². The third-order valence-corrected chi connectivity index (χ3v) is 3.63.